The molecule has 10 nitrogen and oxygen atoms in total. The number of ether oxygens (including phenoxy) is 2. The standard InChI is InChI=1S/C27H32N4O6S/c1-4-37-27(33)19-6-5-12-30(15-19)26(32)22-14-23(18-7-9-21(36-3)10-8-18)28-25-24(22)17(2)29-31(25)20-11-13-38(34,35)16-20/h7-10,14,19-20H,4-6,11-13,15-16H2,1-3H3. The Morgan fingerprint density at radius 2 is 1.92 bits per heavy atom. The zero-order valence-corrected chi connectivity index (χ0v) is 22.7. The zero-order chi connectivity index (χ0) is 27.0. The molecule has 4 heterocycles. The van der Waals surface area contributed by atoms with Gasteiger partial charge in [0.2, 0.25) is 0 Å². The highest BCUT2D eigenvalue weighted by Gasteiger charge is 2.34. The van der Waals surface area contributed by atoms with E-state index in [1.54, 1.807) is 29.7 Å². The van der Waals surface area contributed by atoms with E-state index in [4.69, 9.17) is 14.5 Å². The second-order valence-electron chi connectivity index (χ2n) is 9.91. The van der Waals surface area contributed by atoms with Crippen molar-refractivity contribution in [3.63, 3.8) is 0 Å². The second-order valence-corrected chi connectivity index (χ2v) is 12.1. The number of rotatable bonds is 6. The highest BCUT2D eigenvalue weighted by Crippen LogP contribution is 2.33. The fourth-order valence-corrected chi connectivity index (χ4v) is 7.09. The molecular weight excluding hydrogens is 508 g/mol. The third kappa shape index (κ3) is 4.99. The predicted octanol–water partition coefficient (Wildman–Crippen LogP) is 3.19. The maximum atomic E-state index is 14.0. The Morgan fingerprint density at radius 3 is 2.58 bits per heavy atom. The molecule has 38 heavy (non-hydrogen) atoms. The van der Waals surface area contributed by atoms with Crippen LogP contribution in [-0.2, 0) is 19.4 Å². The molecule has 2 fully saturated rings. The first-order valence-corrected chi connectivity index (χ1v) is 14.7. The third-order valence-electron chi connectivity index (χ3n) is 7.34. The van der Waals surface area contributed by atoms with Crippen LogP contribution in [0.3, 0.4) is 0 Å². The molecule has 202 valence electrons. The fraction of sp³-hybridized carbons (Fsp3) is 0.481. The van der Waals surface area contributed by atoms with E-state index in [-0.39, 0.29) is 41.9 Å². The minimum Gasteiger partial charge on any atom is -0.497 e. The van der Waals surface area contributed by atoms with Crippen molar-refractivity contribution in [3.05, 3.63) is 41.6 Å². The number of esters is 1. The smallest absolute Gasteiger partial charge is 0.310 e. The first-order valence-electron chi connectivity index (χ1n) is 12.9. The second kappa shape index (κ2) is 10.4. The number of amides is 1. The van der Waals surface area contributed by atoms with Crippen LogP contribution in [0.25, 0.3) is 22.3 Å². The van der Waals surface area contributed by atoms with E-state index in [9.17, 15) is 18.0 Å². The summed E-state index contributed by atoms with van der Waals surface area (Å²) in [4.78, 5) is 33.0. The van der Waals surface area contributed by atoms with Crippen molar-refractivity contribution < 1.29 is 27.5 Å². The van der Waals surface area contributed by atoms with Crippen LogP contribution in [0, 0.1) is 12.8 Å². The molecule has 0 radical (unpaired) electrons. The average Bonchev–Trinajstić information content (AvgIpc) is 3.46. The molecule has 2 unspecified atom stereocenters. The minimum atomic E-state index is -3.16. The molecule has 1 aromatic carbocycles. The number of hydrogen-bond donors (Lipinski definition) is 0. The van der Waals surface area contributed by atoms with Gasteiger partial charge in [-0.2, -0.15) is 5.10 Å². The number of likely N-dealkylation sites (tertiary alicyclic amines) is 1. The van der Waals surface area contributed by atoms with Crippen molar-refractivity contribution >= 4 is 32.7 Å². The van der Waals surface area contributed by atoms with Gasteiger partial charge < -0.3 is 14.4 Å². The first kappa shape index (κ1) is 26.1. The van der Waals surface area contributed by atoms with Crippen LogP contribution in [0.1, 0.15) is 48.3 Å². The molecule has 0 N–H and O–H groups in total. The van der Waals surface area contributed by atoms with Crippen LogP contribution in [0.4, 0.5) is 0 Å². The van der Waals surface area contributed by atoms with Crippen LogP contribution in [0.15, 0.2) is 30.3 Å². The first-order chi connectivity index (χ1) is 18.2. The largest absolute Gasteiger partial charge is 0.497 e. The zero-order valence-electron chi connectivity index (χ0n) is 21.8. The van der Waals surface area contributed by atoms with E-state index in [1.165, 1.54) is 0 Å². The van der Waals surface area contributed by atoms with E-state index < -0.39 is 9.84 Å². The lowest BCUT2D eigenvalue weighted by Gasteiger charge is -2.31. The quantitative estimate of drug-likeness (QED) is 0.437. The van der Waals surface area contributed by atoms with Crippen LogP contribution < -0.4 is 4.74 Å². The number of pyridine rings is 1. The van der Waals surface area contributed by atoms with E-state index >= 15 is 0 Å². The van der Waals surface area contributed by atoms with Crippen molar-refractivity contribution in [3.8, 4) is 17.0 Å². The molecule has 0 aliphatic carbocycles. The van der Waals surface area contributed by atoms with Crippen molar-refractivity contribution in [2.24, 2.45) is 5.92 Å². The number of sulfone groups is 1. The van der Waals surface area contributed by atoms with Crippen LogP contribution in [-0.4, -0.2) is 78.3 Å². The summed E-state index contributed by atoms with van der Waals surface area (Å²) >= 11 is 0. The summed E-state index contributed by atoms with van der Waals surface area (Å²) in [6.45, 7) is 4.70. The van der Waals surface area contributed by atoms with E-state index in [0.717, 1.165) is 5.56 Å². The van der Waals surface area contributed by atoms with E-state index in [2.05, 4.69) is 5.10 Å². The summed E-state index contributed by atoms with van der Waals surface area (Å²) < 4.78 is 36.7. The molecule has 2 aliphatic rings. The fourth-order valence-electron chi connectivity index (χ4n) is 5.40. The van der Waals surface area contributed by atoms with Crippen molar-refractivity contribution in [2.75, 3.05) is 38.3 Å². The van der Waals surface area contributed by atoms with Crippen molar-refractivity contribution in [2.45, 2.75) is 39.2 Å². The maximum absolute atomic E-state index is 14.0. The number of fused-ring (bicyclic) bond motifs is 1. The van der Waals surface area contributed by atoms with Gasteiger partial charge in [-0.05, 0) is 63.4 Å². The number of aromatic nitrogens is 3. The Hall–Kier alpha value is -3.47. The van der Waals surface area contributed by atoms with Gasteiger partial charge in [0.25, 0.3) is 5.91 Å². The molecule has 1 amide bonds. The predicted molar refractivity (Wildman–Crippen MR) is 142 cm³/mol. The number of nitrogens with zero attached hydrogens (tertiary/aromatic N) is 4. The van der Waals surface area contributed by atoms with Gasteiger partial charge in [0.05, 0.1) is 59.5 Å². The molecule has 0 bridgehead atoms. The summed E-state index contributed by atoms with van der Waals surface area (Å²) in [6, 6.07) is 8.80. The maximum Gasteiger partial charge on any atom is 0.310 e. The number of piperidine rings is 1. The van der Waals surface area contributed by atoms with Crippen LogP contribution in [0.5, 0.6) is 5.75 Å². The number of hydrogen-bond acceptors (Lipinski definition) is 8. The van der Waals surface area contributed by atoms with Crippen LogP contribution in [0.2, 0.25) is 0 Å². The SMILES string of the molecule is CCOC(=O)C1CCCN(C(=O)c2cc(-c3ccc(OC)cc3)nc3c2c(C)nn3C2CCS(=O)(=O)C2)C1. The minimum absolute atomic E-state index is 0.00567. The third-order valence-corrected chi connectivity index (χ3v) is 9.09. The lowest BCUT2D eigenvalue weighted by molar-refractivity contribution is -0.149. The van der Waals surface area contributed by atoms with Gasteiger partial charge in [-0.15, -0.1) is 0 Å². The number of benzene rings is 1. The molecule has 0 saturated carbocycles. The Balaban J connectivity index is 1.61. The van der Waals surface area contributed by atoms with Gasteiger partial charge in [0, 0.05) is 18.7 Å². The Labute approximate surface area is 221 Å². The highest BCUT2D eigenvalue weighted by atomic mass is 32.2. The summed E-state index contributed by atoms with van der Waals surface area (Å²) in [7, 11) is -1.56. The average molecular weight is 541 g/mol. The summed E-state index contributed by atoms with van der Waals surface area (Å²) in [5.74, 6) is -0.0579. The van der Waals surface area contributed by atoms with Crippen LogP contribution >= 0.6 is 0 Å². The molecule has 11 heteroatoms. The van der Waals surface area contributed by atoms with E-state index in [0.29, 0.717) is 66.1 Å². The van der Waals surface area contributed by atoms with Crippen molar-refractivity contribution in [1.29, 1.82) is 0 Å². The molecule has 2 aromatic heterocycles. The molecule has 3 aromatic rings. The van der Waals surface area contributed by atoms with E-state index in [1.807, 2.05) is 31.2 Å². The number of carbonyl (C=O) groups is 2. The lowest BCUT2D eigenvalue weighted by Crippen LogP contribution is -2.43. The molecule has 5 rings (SSSR count). The molecule has 2 aliphatic heterocycles. The Morgan fingerprint density at radius 1 is 1.16 bits per heavy atom. The molecule has 0 spiro atoms. The normalized spacial score (nSPS) is 21.0. The Bertz CT molecular complexity index is 1480. The summed E-state index contributed by atoms with van der Waals surface area (Å²) in [6.07, 6.45) is 1.83. The number of methoxy groups -OCH3 is 1. The Kier molecular flexibility index (Phi) is 7.13. The monoisotopic (exact) mass is 540 g/mol. The van der Waals surface area contributed by atoms with Gasteiger partial charge >= 0.3 is 5.97 Å². The number of carbonyl (C=O) groups excluding carboxylic acids is 2. The topological polar surface area (TPSA) is 121 Å². The summed E-state index contributed by atoms with van der Waals surface area (Å²) in [5.41, 5.74) is 2.90. The lowest BCUT2D eigenvalue weighted by atomic mass is 9.96. The molecule has 2 saturated heterocycles. The summed E-state index contributed by atoms with van der Waals surface area (Å²) in [5, 5.41) is 5.29. The molecular formula is C27H32N4O6S. The molecule has 2 atom stereocenters. The van der Waals surface area contributed by atoms with Gasteiger partial charge in [-0.3, -0.25) is 9.59 Å². The van der Waals surface area contributed by atoms with Gasteiger partial charge in [0.15, 0.2) is 15.5 Å². The van der Waals surface area contributed by atoms with Crippen molar-refractivity contribution in [1.82, 2.24) is 19.7 Å². The van der Waals surface area contributed by atoms with Gasteiger partial charge in [-0.1, -0.05) is 0 Å². The number of aryl methyl sites for hydroxylation is 1. The van der Waals surface area contributed by atoms with Gasteiger partial charge in [-0.25, -0.2) is 18.1 Å². The highest BCUT2D eigenvalue weighted by molar-refractivity contribution is 7.91. The van der Waals surface area contributed by atoms with Gasteiger partial charge in [0.1, 0.15) is 5.75 Å².